The molecule has 0 saturated carbocycles. The molecule has 0 aromatic heterocycles. The predicted octanol–water partition coefficient (Wildman–Crippen LogP) is 18.6. The first-order chi connectivity index (χ1) is 32.6. The molecule has 5 nitrogen and oxygen atoms in total. The van der Waals surface area contributed by atoms with E-state index in [1.165, 1.54) is 250 Å². The van der Waals surface area contributed by atoms with Gasteiger partial charge in [0.2, 0.25) is 5.91 Å². The maximum Gasteiger partial charge on any atom is 0.220 e. The Bertz CT molecular complexity index is 1020. The Balaban J connectivity index is 3.55. The number of rotatable bonds is 55. The number of amides is 1. The molecule has 4 N–H and O–H groups in total. The molecule has 0 aliphatic heterocycles. The molecule has 3 atom stereocenters. The zero-order valence-electron chi connectivity index (χ0n) is 44.6. The zero-order chi connectivity index (χ0) is 47.9. The van der Waals surface area contributed by atoms with E-state index in [2.05, 4.69) is 55.6 Å². The third-order valence-corrected chi connectivity index (χ3v) is 14.0. The van der Waals surface area contributed by atoms with E-state index in [1.807, 2.05) is 0 Å². The maximum absolute atomic E-state index is 12.5. The summed E-state index contributed by atoms with van der Waals surface area (Å²) in [5.41, 5.74) is 0. The number of aliphatic hydroxyl groups is 3. The van der Waals surface area contributed by atoms with Crippen molar-refractivity contribution in [1.82, 2.24) is 5.32 Å². The van der Waals surface area contributed by atoms with Gasteiger partial charge < -0.3 is 20.6 Å². The largest absolute Gasteiger partial charge is 0.394 e. The first kappa shape index (κ1) is 64.6. The van der Waals surface area contributed by atoms with Crippen LogP contribution >= 0.6 is 0 Å². The molecule has 0 rings (SSSR count). The minimum Gasteiger partial charge on any atom is -0.394 e. The van der Waals surface area contributed by atoms with Gasteiger partial charge in [-0.2, -0.15) is 0 Å². The number of carbonyl (C=O) groups excluding carboxylic acids is 1. The van der Waals surface area contributed by atoms with E-state index >= 15 is 0 Å². The van der Waals surface area contributed by atoms with Crippen LogP contribution in [-0.4, -0.2) is 46.1 Å². The van der Waals surface area contributed by atoms with Gasteiger partial charge in [0.25, 0.3) is 0 Å². The van der Waals surface area contributed by atoms with Crippen LogP contribution in [0.5, 0.6) is 0 Å². The summed E-state index contributed by atoms with van der Waals surface area (Å²) < 4.78 is 0. The predicted molar refractivity (Wildman–Crippen MR) is 291 cm³/mol. The van der Waals surface area contributed by atoms with Crippen molar-refractivity contribution in [2.24, 2.45) is 0 Å². The van der Waals surface area contributed by atoms with Gasteiger partial charge >= 0.3 is 0 Å². The Hall–Kier alpha value is -1.43. The van der Waals surface area contributed by atoms with Crippen LogP contribution in [0.4, 0.5) is 0 Å². The molecule has 0 saturated heterocycles. The second-order valence-corrected chi connectivity index (χ2v) is 20.5. The van der Waals surface area contributed by atoms with Crippen molar-refractivity contribution in [3.05, 3.63) is 36.5 Å². The van der Waals surface area contributed by atoms with Crippen LogP contribution in [0.15, 0.2) is 36.5 Å². The van der Waals surface area contributed by atoms with E-state index in [-0.39, 0.29) is 12.5 Å². The minimum atomic E-state index is -1.16. The van der Waals surface area contributed by atoms with Crippen LogP contribution in [0.3, 0.4) is 0 Å². The molecule has 0 heterocycles. The zero-order valence-corrected chi connectivity index (χ0v) is 44.6. The normalized spacial score (nSPS) is 13.5. The highest BCUT2D eigenvalue weighted by Crippen LogP contribution is 2.17. The SMILES string of the molecule is CCCCCCCCCCC/C=C\C/C=C\CCCCCCCCCCCCCCCC(=O)NC(CO)C(O)C(O)CCC/C=C/CCCCCCCCCCCCCCCCCCCC. The van der Waals surface area contributed by atoms with E-state index in [0.717, 1.165) is 44.9 Å². The number of hydrogen-bond donors (Lipinski definition) is 4. The average molecular weight is 929 g/mol. The summed E-state index contributed by atoms with van der Waals surface area (Å²) in [4.78, 5) is 12.5. The van der Waals surface area contributed by atoms with Crippen molar-refractivity contribution < 1.29 is 20.1 Å². The summed E-state index contributed by atoms with van der Waals surface area (Å²) in [6, 6.07) is -0.828. The summed E-state index contributed by atoms with van der Waals surface area (Å²) in [5, 5.41) is 33.8. The monoisotopic (exact) mass is 928 g/mol. The van der Waals surface area contributed by atoms with Gasteiger partial charge in [-0.3, -0.25) is 4.79 Å². The fourth-order valence-electron chi connectivity index (χ4n) is 9.37. The number of unbranched alkanes of at least 4 members (excludes halogenated alkanes) is 41. The third kappa shape index (κ3) is 50.4. The summed E-state index contributed by atoms with van der Waals surface area (Å²) in [5.74, 6) is -0.151. The Morgan fingerprint density at radius 3 is 0.970 bits per heavy atom. The lowest BCUT2D eigenvalue weighted by molar-refractivity contribution is -0.124. The standard InChI is InChI=1S/C61H117NO4/c1-3-5-7-9-11-13-15-17-19-21-23-25-27-28-29-30-31-32-34-36-38-40-42-44-46-48-50-52-54-56-60(65)62-58(57-63)61(66)59(64)55-53-51-49-47-45-43-41-39-37-35-33-26-24-22-20-18-16-14-12-10-8-6-4-2/h23,25,28-29,47,49,58-59,61,63-64,66H,3-22,24,26-27,30-46,48,50-57H2,1-2H3,(H,62,65)/b25-23-,29-28-,49-47+. The second-order valence-electron chi connectivity index (χ2n) is 20.5. The van der Waals surface area contributed by atoms with Gasteiger partial charge in [0.1, 0.15) is 6.10 Å². The van der Waals surface area contributed by atoms with Crippen LogP contribution in [0.1, 0.15) is 322 Å². The molecular weight excluding hydrogens is 811 g/mol. The Morgan fingerprint density at radius 1 is 0.379 bits per heavy atom. The number of nitrogens with one attached hydrogen (secondary N) is 1. The highest BCUT2D eigenvalue weighted by molar-refractivity contribution is 5.76. The van der Waals surface area contributed by atoms with Gasteiger partial charge in [0.15, 0.2) is 0 Å². The second kappa shape index (κ2) is 56.2. The minimum absolute atomic E-state index is 0.151. The Labute approximate surface area is 413 Å². The van der Waals surface area contributed by atoms with Crippen LogP contribution in [0, 0.1) is 0 Å². The molecule has 0 aliphatic carbocycles. The van der Waals surface area contributed by atoms with Gasteiger partial charge in [0.05, 0.1) is 18.8 Å². The van der Waals surface area contributed by atoms with Crippen molar-refractivity contribution in [3.8, 4) is 0 Å². The van der Waals surface area contributed by atoms with Gasteiger partial charge in [-0.05, 0) is 70.6 Å². The summed E-state index contributed by atoms with van der Waals surface area (Å²) >= 11 is 0. The highest BCUT2D eigenvalue weighted by atomic mass is 16.3. The van der Waals surface area contributed by atoms with E-state index in [9.17, 15) is 20.1 Å². The first-order valence-electron chi connectivity index (χ1n) is 29.8. The molecule has 0 radical (unpaired) electrons. The first-order valence-corrected chi connectivity index (χ1v) is 29.8. The number of allylic oxidation sites excluding steroid dienone is 6. The lowest BCUT2D eigenvalue weighted by Crippen LogP contribution is -2.50. The average Bonchev–Trinajstić information content (AvgIpc) is 3.32. The van der Waals surface area contributed by atoms with Crippen LogP contribution in [0.25, 0.3) is 0 Å². The van der Waals surface area contributed by atoms with Crippen LogP contribution < -0.4 is 5.32 Å². The smallest absolute Gasteiger partial charge is 0.220 e. The van der Waals surface area contributed by atoms with E-state index in [0.29, 0.717) is 12.8 Å². The van der Waals surface area contributed by atoms with Crippen LogP contribution in [-0.2, 0) is 4.79 Å². The lowest BCUT2D eigenvalue weighted by Gasteiger charge is -2.26. The fraction of sp³-hybridized carbons (Fsp3) is 0.885. The summed E-state index contributed by atoms with van der Waals surface area (Å²) in [6.45, 7) is 4.20. The Morgan fingerprint density at radius 2 is 0.652 bits per heavy atom. The number of carbonyl (C=O) groups is 1. The lowest BCUT2D eigenvalue weighted by atomic mass is 10.0. The van der Waals surface area contributed by atoms with Gasteiger partial charge in [-0.15, -0.1) is 0 Å². The third-order valence-electron chi connectivity index (χ3n) is 14.0. The number of aliphatic hydroxyl groups excluding tert-OH is 3. The molecule has 3 unspecified atom stereocenters. The molecule has 390 valence electrons. The Kier molecular flexibility index (Phi) is 54.9. The molecule has 0 aromatic carbocycles. The molecule has 5 heteroatoms. The maximum atomic E-state index is 12.5. The van der Waals surface area contributed by atoms with Crippen molar-refractivity contribution in [3.63, 3.8) is 0 Å². The van der Waals surface area contributed by atoms with Crippen molar-refractivity contribution >= 4 is 5.91 Å². The molecular formula is C61H117NO4. The van der Waals surface area contributed by atoms with E-state index < -0.39 is 18.2 Å². The molecule has 0 aromatic rings. The van der Waals surface area contributed by atoms with E-state index in [4.69, 9.17) is 0 Å². The molecule has 0 bridgehead atoms. The molecule has 0 aliphatic rings. The molecule has 1 amide bonds. The van der Waals surface area contributed by atoms with Crippen molar-refractivity contribution in [2.75, 3.05) is 6.61 Å². The van der Waals surface area contributed by atoms with Crippen molar-refractivity contribution in [1.29, 1.82) is 0 Å². The van der Waals surface area contributed by atoms with Gasteiger partial charge in [-0.1, -0.05) is 281 Å². The van der Waals surface area contributed by atoms with Gasteiger partial charge in [-0.25, -0.2) is 0 Å². The summed E-state index contributed by atoms with van der Waals surface area (Å²) in [7, 11) is 0. The quantitative estimate of drug-likeness (QED) is 0.0361. The van der Waals surface area contributed by atoms with Crippen LogP contribution in [0.2, 0.25) is 0 Å². The van der Waals surface area contributed by atoms with Gasteiger partial charge in [0, 0.05) is 6.42 Å². The van der Waals surface area contributed by atoms with Crippen molar-refractivity contribution in [2.45, 2.75) is 340 Å². The highest BCUT2D eigenvalue weighted by Gasteiger charge is 2.26. The molecule has 66 heavy (non-hydrogen) atoms. The fourth-order valence-corrected chi connectivity index (χ4v) is 9.37. The molecule has 0 spiro atoms. The summed E-state index contributed by atoms with van der Waals surface area (Å²) in [6.07, 6.45) is 73.1. The molecule has 0 fully saturated rings. The topological polar surface area (TPSA) is 89.8 Å². The number of hydrogen-bond acceptors (Lipinski definition) is 4. The van der Waals surface area contributed by atoms with E-state index in [1.54, 1.807) is 0 Å².